The predicted molar refractivity (Wildman–Crippen MR) is 75.3 cm³/mol. The molecule has 2 rings (SSSR count). The van der Waals surface area contributed by atoms with Gasteiger partial charge in [-0.05, 0) is 26.1 Å². The fourth-order valence-electron chi connectivity index (χ4n) is 2.42. The molecule has 0 aliphatic carbocycles. The van der Waals surface area contributed by atoms with Crippen LogP contribution in [0.15, 0.2) is 24.3 Å². The number of hydrogen-bond acceptors (Lipinski definition) is 4. The van der Waals surface area contributed by atoms with Crippen LogP contribution in [-0.2, 0) is 0 Å². The summed E-state index contributed by atoms with van der Waals surface area (Å²) in [7, 11) is 2.14. The average Bonchev–Trinajstić information content (AvgIpc) is 2.40. The molecule has 0 bridgehead atoms. The number of para-hydroxylation sites is 2. The summed E-state index contributed by atoms with van der Waals surface area (Å²) in [6.45, 7) is 6.45. The number of nitrogens with zero attached hydrogens (tertiary/aromatic N) is 2. The van der Waals surface area contributed by atoms with Gasteiger partial charge < -0.3 is 15.4 Å². The maximum absolute atomic E-state index is 5.83. The van der Waals surface area contributed by atoms with Crippen LogP contribution >= 0.6 is 0 Å². The van der Waals surface area contributed by atoms with E-state index in [1.165, 1.54) is 5.69 Å². The summed E-state index contributed by atoms with van der Waals surface area (Å²) in [4.78, 5) is 4.71. The summed E-state index contributed by atoms with van der Waals surface area (Å²) in [5, 5.41) is 0. The van der Waals surface area contributed by atoms with Crippen LogP contribution in [0.2, 0.25) is 0 Å². The summed E-state index contributed by atoms with van der Waals surface area (Å²) in [5.74, 6) is 0.973. The van der Waals surface area contributed by atoms with Gasteiger partial charge in [0, 0.05) is 32.2 Å². The van der Waals surface area contributed by atoms with Crippen molar-refractivity contribution in [1.82, 2.24) is 4.90 Å². The lowest BCUT2D eigenvalue weighted by Gasteiger charge is -2.40. The van der Waals surface area contributed by atoms with Gasteiger partial charge >= 0.3 is 0 Å². The Morgan fingerprint density at radius 2 is 2.11 bits per heavy atom. The minimum absolute atomic E-state index is 0.424. The van der Waals surface area contributed by atoms with Crippen molar-refractivity contribution < 1.29 is 4.74 Å². The summed E-state index contributed by atoms with van der Waals surface area (Å²) >= 11 is 0. The molecule has 18 heavy (non-hydrogen) atoms. The van der Waals surface area contributed by atoms with Gasteiger partial charge in [-0.2, -0.15) is 0 Å². The highest BCUT2D eigenvalue weighted by Crippen LogP contribution is 2.29. The molecule has 0 spiro atoms. The lowest BCUT2D eigenvalue weighted by molar-refractivity contribution is 0.223. The Hall–Kier alpha value is -1.26. The Balaban J connectivity index is 2.16. The highest BCUT2D eigenvalue weighted by Gasteiger charge is 2.24. The van der Waals surface area contributed by atoms with Crippen molar-refractivity contribution in [3.8, 4) is 5.75 Å². The van der Waals surface area contributed by atoms with E-state index in [0.717, 1.165) is 25.4 Å². The van der Waals surface area contributed by atoms with E-state index in [9.17, 15) is 0 Å². The second kappa shape index (κ2) is 6.07. The second-order valence-electron chi connectivity index (χ2n) is 4.72. The smallest absolute Gasteiger partial charge is 0.142 e. The topological polar surface area (TPSA) is 41.7 Å². The molecular formula is C14H23N3O. The molecule has 4 nitrogen and oxygen atoms in total. The Morgan fingerprint density at radius 1 is 1.33 bits per heavy atom. The lowest BCUT2D eigenvalue weighted by atomic mass is 10.1. The fraction of sp³-hybridized carbons (Fsp3) is 0.571. The first kappa shape index (κ1) is 13.2. The zero-order valence-corrected chi connectivity index (χ0v) is 11.3. The summed E-state index contributed by atoms with van der Waals surface area (Å²) in [5.41, 5.74) is 7.02. The Labute approximate surface area is 109 Å². The largest absolute Gasteiger partial charge is 0.492 e. The van der Waals surface area contributed by atoms with E-state index in [0.29, 0.717) is 19.2 Å². The van der Waals surface area contributed by atoms with Crippen LogP contribution in [-0.4, -0.2) is 50.8 Å². The monoisotopic (exact) mass is 249 g/mol. The number of anilines is 1. The quantitative estimate of drug-likeness (QED) is 0.869. The molecule has 4 heteroatoms. The van der Waals surface area contributed by atoms with Gasteiger partial charge in [-0.15, -0.1) is 0 Å². The molecule has 0 radical (unpaired) electrons. The zero-order valence-electron chi connectivity index (χ0n) is 11.3. The van der Waals surface area contributed by atoms with Crippen LogP contribution in [0.1, 0.15) is 6.92 Å². The molecule has 0 amide bonds. The molecule has 100 valence electrons. The number of rotatable bonds is 4. The van der Waals surface area contributed by atoms with Crippen LogP contribution in [0.3, 0.4) is 0 Å². The van der Waals surface area contributed by atoms with Gasteiger partial charge in [0.25, 0.3) is 0 Å². The van der Waals surface area contributed by atoms with Crippen molar-refractivity contribution in [1.29, 1.82) is 0 Å². The van der Waals surface area contributed by atoms with Crippen LogP contribution < -0.4 is 15.4 Å². The predicted octanol–water partition coefficient (Wildman–Crippen LogP) is 1.16. The molecule has 1 unspecified atom stereocenters. The van der Waals surface area contributed by atoms with E-state index in [1.807, 2.05) is 19.1 Å². The number of likely N-dealkylation sites (N-methyl/N-ethyl adjacent to an activating group) is 1. The van der Waals surface area contributed by atoms with Gasteiger partial charge in [-0.3, -0.25) is 4.90 Å². The maximum Gasteiger partial charge on any atom is 0.142 e. The van der Waals surface area contributed by atoms with E-state index < -0.39 is 0 Å². The normalized spacial score (nSPS) is 21.1. The first-order valence-electron chi connectivity index (χ1n) is 6.63. The van der Waals surface area contributed by atoms with Crippen molar-refractivity contribution in [2.45, 2.75) is 13.0 Å². The van der Waals surface area contributed by atoms with Gasteiger partial charge in [0.2, 0.25) is 0 Å². The molecule has 1 aromatic carbocycles. The minimum Gasteiger partial charge on any atom is -0.492 e. The van der Waals surface area contributed by atoms with Crippen molar-refractivity contribution >= 4 is 5.69 Å². The van der Waals surface area contributed by atoms with Gasteiger partial charge in [0.1, 0.15) is 5.75 Å². The molecule has 1 atom stereocenters. The maximum atomic E-state index is 5.83. The zero-order chi connectivity index (χ0) is 13.0. The number of ether oxygens (including phenoxy) is 1. The average molecular weight is 249 g/mol. The molecule has 1 aliphatic rings. The van der Waals surface area contributed by atoms with Gasteiger partial charge in [-0.25, -0.2) is 0 Å². The molecule has 1 heterocycles. The number of piperazine rings is 1. The molecule has 1 aliphatic heterocycles. The molecular weight excluding hydrogens is 226 g/mol. The van der Waals surface area contributed by atoms with Crippen LogP contribution in [0.4, 0.5) is 5.69 Å². The number of benzene rings is 1. The van der Waals surface area contributed by atoms with Crippen LogP contribution in [0.25, 0.3) is 0 Å². The Bertz CT molecular complexity index is 383. The van der Waals surface area contributed by atoms with E-state index in [1.54, 1.807) is 0 Å². The molecule has 2 N–H and O–H groups in total. The molecule has 1 aromatic rings. The third-order valence-electron chi connectivity index (χ3n) is 3.55. The number of nitrogens with two attached hydrogens (primary N) is 1. The highest BCUT2D eigenvalue weighted by atomic mass is 16.5. The molecule has 1 fully saturated rings. The lowest BCUT2D eigenvalue weighted by Crippen LogP contribution is -2.54. The van der Waals surface area contributed by atoms with E-state index in [2.05, 4.69) is 29.0 Å². The molecule has 0 aromatic heterocycles. The molecule has 0 saturated carbocycles. The SMILES string of the molecule is CCOc1ccccc1N1CCN(C)C(CN)C1. The third-order valence-corrected chi connectivity index (χ3v) is 3.55. The third kappa shape index (κ3) is 2.76. The summed E-state index contributed by atoms with van der Waals surface area (Å²) in [6.07, 6.45) is 0. The Kier molecular flexibility index (Phi) is 4.44. The van der Waals surface area contributed by atoms with Crippen LogP contribution in [0.5, 0.6) is 5.75 Å². The first-order chi connectivity index (χ1) is 8.76. The highest BCUT2D eigenvalue weighted by molar-refractivity contribution is 5.58. The van der Waals surface area contributed by atoms with Crippen LogP contribution in [0, 0.1) is 0 Å². The van der Waals surface area contributed by atoms with E-state index >= 15 is 0 Å². The van der Waals surface area contributed by atoms with Crippen molar-refractivity contribution in [2.75, 3.05) is 44.7 Å². The minimum atomic E-state index is 0.424. The fourth-order valence-corrected chi connectivity index (χ4v) is 2.42. The summed E-state index contributed by atoms with van der Waals surface area (Å²) in [6, 6.07) is 8.67. The standard InChI is InChI=1S/C14H23N3O/c1-3-18-14-7-5-4-6-13(14)17-9-8-16(2)12(10-15)11-17/h4-7,12H,3,8-11,15H2,1-2H3. The number of hydrogen-bond donors (Lipinski definition) is 1. The van der Waals surface area contributed by atoms with E-state index in [-0.39, 0.29) is 0 Å². The van der Waals surface area contributed by atoms with Gasteiger partial charge in [0.15, 0.2) is 0 Å². The van der Waals surface area contributed by atoms with E-state index in [4.69, 9.17) is 10.5 Å². The van der Waals surface area contributed by atoms with Crippen molar-refractivity contribution in [3.05, 3.63) is 24.3 Å². The summed E-state index contributed by atoms with van der Waals surface area (Å²) < 4.78 is 5.70. The van der Waals surface area contributed by atoms with Crippen molar-refractivity contribution in [2.24, 2.45) is 5.73 Å². The second-order valence-corrected chi connectivity index (χ2v) is 4.72. The van der Waals surface area contributed by atoms with Crippen molar-refractivity contribution in [3.63, 3.8) is 0 Å². The Morgan fingerprint density at radius 3 is 2.83 bits per heavy atom. The van der Waals surface area contributed by atoms with Gasteiger partial charge in [-0.1, -0.05) is 12.1 Å². The first-order valence-corrected chi connectivity index (χ1v) is 6.63. The molecule has 1 saturated heterocycles. The van der Waals surface area contributed by atoms with Gasteiger partial charge in [0.05, 0.1) is 12.3 Å².